The summed E-state index contributed by atoms with van der Waals surface area (Å²) in [5.41, 5.74) is 3.56. The Morgan fingerprint density at radius 2 is 1.82 bits per heavy atom. The van der Waals surface area contributed by atoms with E-state index in [2.05, 4.69) is 29.7 Å². The molecule has 0 radical (unpaired) electrons. The van der Waals surface area contributed by atoms with Crippen LogP contribution >= 0.6 is 12.2 Å². The molecule has 17 heavy (non-hydrogen) atoms. The summed E-state index contributed by atoms with van der Waals surface area (Å²) in [7, 11) is 1.67. The quantitative estimate of drug-likeness (QED) is 0.788. The molecular weight excluding hydrogens is 232 g/mol. The topological polar surface area (TPSA) is 33.3 Å². The maximum Gasteiger partial charge on any atom is 0.171 e. The molecule has 0 saturated heterocycles. The summed E-state index contributed by atoms with van der Waals surface area (Å²) in [6, 6.07) is 8.19. The number of hydrogen-bond acceptors (Lipinski definition) is 2. The van der Waals surface area contributed by atoms with E-state index in [1.165, 1.54) is 11.1 Å². The Bertz CT molecular complexity index is 465. The van der Waals surface area contributed by atoms with Crippen molar-refractivity contribution in [3.8, 4) is 5.75 Å². The zero-order chi connectivity index (χ0) is 12.4. The van der Waals surface area contributed by atoms with Crippen molar-refractivity contribution in [2.24, 2.45) is 0 Å². The van der Waals surface area contributed by atoms with Gasteiger partial charge in [-0.05, 0) is 49.3 Å². The number of rotatable bonds is 2. The molecule has 0 spiro atoms. The minimum absolute atomic E-state index is 0.148. The van der Waals surface area contributed by atoms with Crippen molar-refractivity contribution in [1.29, 1.82) is 0 Å². The molecule has 1 aliphatic rings. The van der Waals surface area contributed by atoms with Gasteiger partial charge in [0, 0.05) is 5.70 Å². The first-order valence-electron chi connectivity index (χ1n) is 5.50. The first kappa shape index (κ1) is 11.9. The summed E-state index contributed by atoms with van der Waals surface area (Å²) >= 11 is 5.18. The number of methoxy groups -OCH3 is 1. The number of thiocarbonyl (C=S) groups is 1. The van der Waals surface area contributed by atoms with Gasteiger partial charge >= 0.3 is 0 Å². The normalized spacial score (nSPS) is 19.7. The lowest BCUT2D eigenvalue weighted by Crippen LogP contribution is -2.42. The Kier molecular flexibility index (Phi) is 3.33. The molecule has 1 aromatic carbocycles. The van der Waals surface area contributed by atoms with Crippen molar-refractivity contribution >= 4 is 17.3 Å². The molecule has 1 atom stereocenters. The predicted octanol–water partition coefficient (Wildman–Crippen LogP) is 2.51. The summed E-state index contributed by atoms with van der Waals surface area (Å²) in [4.78, 5) is 0. The molecule has 1 aliphatic heterocycles. The lowest BCUT2D eigenvalue weighted by molar-refractivity contribution is 0.414. The van der Waals surface area contributed by atoms with Gasteiger partial charge in [0.25, 0.3) is 0 Å². The molecule has 0 aromatic heterocycles. The van der Waals surface area contributed by atoms with Crippen molar-refractivity contribution in [1.82, 2.24) is 10.6 Å². The minimum Gasteiger partial charge on any atom is -0.497 e. The Balaban J connectivity index is 2.32. The van der Waals surface area contributed by atoms with E-state index < -0.39 is 0 Å². The maximum absolute atomic E-state index is 5.18. The van der Waals surface area contributed by atoms with Crippen LogP contribution < -0.4 is 15.4 Å². The van der Waals surface area contributed by atoms with Gasteiger partial charge in [-0.2, -0.15) is 0 Å². The molecule has 0 saturated carbocycles. The maximum atomic E-state index is 5.18. The van der Waals surface area contributed by atoms with Crippen LogP contribution in [-0.4, -0.2) is 12.2 Å². The zero-order valence-corrected chi connectivity index (χ0v) is 11.0. The number of nitrogens with one attached hydrogen (secondary N) is 2. The summed E-state index contributed by atoms with van der Waals surface area (Å²) in [5.74, 6) is 0.864. The molecule has 2 N–H and O–H groups in total. The van der Waals surface area contributed by atoms with E-state index in [0.29, 0.717) is 5.11 Å². The van der Waals surface area contributed by atoms with Crippen LogP contribution in [0.25, 0.3) is 0 Å². The molecule has 1 heterocycles. The van der Waals surface area contributed by atoms with Crippen LogP contribution in [0.4, 0.5) is 0 Å². The molecule has 4 heteroatoms. The van der Waals surface area contributed by atoms with E-state index in [1.54, 1.807) is 7.11 Å². The van der Waals surface area contributed by atoms with Crippen molar-refractivity contribution < 1.29 is 4.74 Å². The minimum atomic E-state index is 0.148. The average Bonchev–Trinajstić information content (AvgIpc) is 2.34. The van der Waals surface area contributed by atoms with Crippen LogP contribution in [0.2, 0.25) is 0 Å². The Hall–Kier alpha value is -1.55. The summed E-state index contributed by atoms with van der Waals surface area (Å²) in [6.07, 6.45) is 0. The SMILES string of the molecule is COc1ccc([C@H]2NC(=S)NC(C)=C2C)cc1. The summed E-state index contributed by atoms with van der Waals surface area (Å²) in [5, 5.41) is 7.07. The van der Waals surface area contributed by atoms with Gasteiger partial charge < -0.3 is 15.4 Å². The third kappa shape index (κ3) is 2.42. The van der Waals surface area contributed by atoms with Gasteiger partial charge in [0.2, 0.25) is 0 Å². The van der Waals surface area contributed by atoms with Crippen LogP contribution in [0.1, 0.15) is 25.5 Å². The lowest BCUT2D eigenvalue weighted by atomic mass is 9.97. The van der Waals surface area contributed by atoms with Gasteiger partial charge in [-0.15, -0.1) is 0 Å². The van der Waals surface area contributed by atoms with Gasteiger partial charge in [0.1, 0.15) is 5.75 Å². The molecule has 1 aromatic rings. The Morgan fingerprint density at radius 1 is 1.18 bits per heavy atom. The largest absolute Gasteiger partial charge is 0.497 e. The van der Waals surface area contributed by atoms with Crippen molar-refractivity contribution in [2.75, 3.05) is 7.11 Å². The molecular formula is C13H16N2OS. The number of allylic oxidation sites excluding steroid dienone is 1. The van der Waals surface area contributed by atoms with E-state index in [-0.39, 0.29) is 6.04 Å². The van der Waals surface area contributed by atoms with Crippen molar-refractivity contribution in [3.63, 3.8) is 0 Å². The number of ether oxygens (including phenoxy) is 1. The number of benzene rings is 1. The van der Waals surface area contributed by atoms with Crippen LogP contribution in [0, 0.1) is 0 Å². The van der Waals surface area contributed by atoms with Crippen molar-refractivity contribution in [2.45, 2.75) is 19.9 Å². The highest BCUT2D eigenvalue weighted by Gasteiger charge is 2.21. The smallest absolute Gasteiger partial charge is 0.171 e. The van der Waals surface area contributed by atoms with E-state index in [9.17, 15) is 0 Å². The first-order chi connectivity index (χ1) is 8.11. The van der Waals surface area contributed by atoms with Crippen LogP contribution in [-0.2, 0) is 0 Å². The van der Waals surface area contributed by atoms with Crippen molar-refractivity contribution in [3.05, 3.63) is 41.1 Å². The predicted molar refractivity (Wildman–Crippen MR) is 73.0 cm³/mol. The summed E-state index contributed by atoms with van der Waals surface area (Å²) in [6.45, 7) is 4.14. The average molecular weight is 248 g/mol. The Morgan fingerprint density at radius 3 is 2.41 bits per heavy atom. The molecule has 2 rings (SSSR count). The second-order valence-electron chi connectivity index (χ2n) is 4.11. The van der Waals surface area contributed by atoms with Gasteiger partial charge in [-0.3, -0.25) is 0 Å². The van der Waals surface area contributed by atoms with E-state index in [1.807, 2.05) is 19.1 Å². The molecule has 0 aliphatic carbocycles. The van der Waals surface area contributed by atoms with Gasteiger partial charge in [-0.1, -0.05) is 12.1 Å². The highest BCUT2D eigenvalue weighted by Crippen LogP contribution is 2.27. The zero-order valence-electron chi connectivity index (χ0n) is 10.2. The van der Waals surface area contributed by atoms with Gasteiger partial charge in [-0.25, -0.2) is 0 Å². The van der Waals surface area contributed by atoms with E-state index in [4.69, 9.17) is 17.0 Å². The lowest BCUT2D eigenvalue weighted by Gasteiger charge is -2.29. The third-order valence-electron chi connectivity index (χ3n) is 3.05. The fourth-order valence-electron chi connectivity index (χ4n) is 1.89. The monoisotopic (exact) mass is 248 g/mol. The fraction of sp³-hybridized carbons (Fsp3) is 0.308. The standard InChI is InChI=1S/C13H16N2OS/c1-8-9(2)14-13(17)15-12(8)10-4-6-11(16-3)7-5-10/h4-7,12H,1-3H3,(H2,14,15,17)/t12-/m0/s1. The van der Waals surface area contributed by atoms with Crippen LogP contribution in [0.15, 0.2) is 35.5 Å². The second-order valence-corrected chi connectivity index (χ2v) is 4.52. The van der Waals surface area contributed by atoms with Crippen LogP contribution in [0.5, 0.6) is 5.75 Å². The first-order valence-corrected chi connectivity index (χ1v) is 5.91. The third-order valence-corrected chi connectivity index (χ3v) is 3.27. The Labute approximate surface area is 107 Å². The van der Waals surface area contributed by atoms with E-state index >= 15 is 0 Å². The summed E-state index contributed by atoms with van der Waals surface area (Å²) < 4.78 is 5.16. The highest BCUT2D eigenvalue weighted by molar-refractivity contribution is 7.80. The molecule has 90 valence electrons. The van der Waals surface area contributed by atoms with Gasteiger partial charge in [0.05, 0.1) is 13.2 Å². The molecule has 3 nitrogen and oxygen atoms in total. The molecule has 0 amide bonds. The molecule has 0 fully saturated rings. The van der Waals surface area contributed by atoms with Crippen LogP contribution in [0.3, 0.4) is 0 Å². The number of hydrogen-bond donors (Lipinski definition) is 2. The fourth-order valence-corrected chi connectivity index (χ4v) is 2.16. The molecule has 0 bridgehead atoms. The second kappa shape index (κ2) is 4.75. The highest BCUT2D eigenvalue weighted by atomic mass is 32.1. The van der Waals surface area contributed by atoms with Gasteiger partial charge in [0.15, 0.2) is 5.11 Å². The van der Waals surface area contributed by atoms with E-state index in [0.717, 1.165) is 11.4 Å². The molecule has 0 unspecified atom stereocenters.